The van der Waals surface area contributed by atoms with E-state index in [0.717, 1.165) is 38.9 Å². The minimum atomic E-state index is 0.0263. The second-order valence-corrected chi connectivity index (χ2v) is 4.49. The molecule has 0 amide bonds. The van der Waals surface area contributed by atoms with Gasteiger partial charge in [-0.05, 0) is 19.3 Å². The molecule has 2 rings (SSSR count). The molecular formula is C10H15NO. The van der Waals surface area contributed by atoms with E-state index < -0.39 is 0 Å². The number of nitrogens with zero attached hydrogens (tertiary/aromatic N) is 1. The maximum Gasteiger partial charge on any atom is 0.0690 e. The molecule has 0 N–H and O–H groups in total. The topological polar surface area (TPSA) is 33.0 Å². The first-order valence-corrected chi connectivity index (χ1v) is 4.73. The van der Waals surface area contributed by atoms with Crippen LogP contribution in [-0.2, 0) is 4.74 Å². The van der Waals surface area contributed by atoms with Gasteiger partial charge in [0.25, 0.3) is 0 Å². The fraction of sp³-hybridized carbons (Fsp3) is 0.900. The molecule has 0 aromatic carbocycles. The van der Waals surface area contributed by atoms with E-state index in [0.29, 0.717) is 5.41 Å². The summed E-state index contributed by atoms with van der Waals surface area (Å²) < 4.78 is 5.19. The van der Waals surface area contributed by atoms with Crippen LogP contribution < -0.4 is 0 Å². The zero-order chi connectivity index (χ0) is 8.66. The summed E-state index contributed by atoms with van der Waals surface area (Å²) >= 11 is 0. The molecule has 1 heterocycles. The quantitative estimate of drug-likeness (QED) is 0.627. The molecule has 1 saturated heterocycles. The van der Waals surface area contributed by atoms with Crippen molar-refractivity contribution in [2.75, 3.05) is 13.2 Å². The van der Waals surface area contributed by atoms with Gasteiger partial charge in [0.1, 0.15) is 0 Å². The minimum absolute atomic E-state index is 0.0263. The van der Waals surface area contributed by atoms with Crippen LogP contribution in [0, 0.1) is 22.2 Å². The minimum Gasteiger partial charge on any atom is -0.380 e. The van der Waals surface area contributed by atoms with E-state index in [1.807, 2.05) is 0 Å². The Kier molecular flexibility index (Phi) is 1.66. The molecule has 1 aliphatic heterocycles. The van der Waals surface area contributed by atoms with Crippen LogP contribution in [-0.4, -0.2) is 13.2 Å². The lowest BCUT2D eigenvalue weighted by Crippen LogP contribution is -2.57. The van der Waals surface area contributed by atoms with Crippen molar-refractivity contribution in [2.45, 2.75) is 32.6 Å². The summed E-state index contributed by atoms with van der Waals surface area (Å²) in [6.07, 6.45) is 4.38. The zero-order valence-corrected chi connectivity index (χ0v) is 7.60. The monoisotopic (exact) mass is 165 g/mol. The second kappa shape index (κ2) is 2.47. The molecule has 2 aliphatic rings. The molecule has 0 radical (unpaired) electrons. The van der Waals surface area contributed by atoms with Crippen LogP contribution in [0.15, 0.2) is 0 Å². The van der Waals surface area contributed by atoms with Gasteiger partial charge in [0, 0.05) is 5.41 Å². The third-order valence-corrected chi connectivity index (χ3v) is 3.21. The summed E-state index contributed by atoms with van der Waals surface area (Å²) in [7, 11) is 0. The summed E-state index contributed by atoms with van der Waals surface area (Å²) in [6, 6.07) is 2.48. The molecule has 0 bridgehead atoms. The lowest BCUT2D eigenvalue weighted by Gasteiger charge is -2.57. The lowest BCUT2D eigenvalue weighted by molar-refractivity contribution is -0.198. The van der Waals surface area contributed by atoms with Crippen molar-refractivity contribution in [1.29, 1.82) is 5.26 Å². The molecule has 0 aromatic heterocycles. The SMILES string of the molecule is CCCC1(C#N)CC2(COC2)C1. The van der Waals surface area contributed by atoms with E-state index in [1.54, 1.807) is 0 Å². The Morgan fingerprint density at radius 2 is 2.08 bits per heavy atom. The predicted molar refractivity (Wildman–Crippen MR) is 45.4 cm³/mol. The standard InChI is InChI=1S/C10H15NO/c1-2-3-9(6-11)4-10(5-9)7-12-8-10/h2-5,7-8H2,1H3. The Morgan fingerprint density at radius 1 is 1.42 bits per heavy atom. The molecule has 0 unspecified atom stereocenters. The Morgan fingerprint density at radius 3 is 2.42 bits per heavy atom. The number of rotatable bonds is 2. The third kappa shape index (κ3) is 0.964. The van der Waals surface area contributed by atoms with E-state index in [4.69, 9.17) is 10.00 Å². The average Bonchev–Trinajstić information content (AvgIpc) is 1.92. The van der Waals surface area contributed by atoms with Gasteiger partial charge in [-0.3, -0.25) is 0 Å². The highest BCUT2D eigenvalue weighted by Gasteiger charge is 2.58. The molecule has 66 valence electrons. The average molecular weight is 165 g/mol. The Labute approximate surface area is 73.5 Å². The highest BCUT2D eigenvalue weighted by Crippen LogP contribution is 2.59. The molecule has 1 aliphatic carbocycles. The van der Waals surface area contributed by atoms with Crippen LogP contribution in [0.4, 0.5) is 0 Å². The molecule has 1 saturated carbocycles. The van der Waals surface area contributed by atoms with E-state index in [9.17, 15) is 0 Å². The van der Waals surface area contributed by atoms with Crippen LogP contribution in [0.2, 0.25) is 0 Å². The van der Waals surface area contributed by atoms with Crippen molar-refractivity contribution < 1.29 is 4.74 Å². The van der Waals surface area contributed by atoms with Gasteiger partial charge in [0.05, 0.1) is 24.7 Å². The normalized spacial score (nSPS) is 28.7. The van der Waals surface area contributed by atoms with Crippen molar-refractivity contribution >= 4 is 0 Å². The maximum absolute atomic E-state index is 9.03. The van der Waals surface area contributed by atoms with Gasteiger partial charge in [-0.1, -0.05) is 13.3 Å². The Bertz CT molecular complexity index is 216. The van der Waals surface area contributed by atoms with Gasteiger partial charge in [-0.15, -0.1) is 0 Å². The van der Waals surface area contributed by atoms with Crippen molar-refractivity contribution in [1.82, 2.24) is 0 Å². The lowest BCUT2D eigenvalue weighted by atomic mass is 9.51. The van der Waals surface area contributed by atoms with E-state index in [-0.39, 0.29) is 5.41 Å². The highest BCUT2D eigenvalue weighted by atomic mass is 16.5. The van der Waals surface area contributed by atoms with E-state index in [1.165, 1.54) is 0 Å². The van der Waals surface area contributed by atoms with E-state index >= 15 is 0 Å². The van der Waals surface area contributed by atoms with Gasteiger partial charge >= 0.3 is 0 Å². The number of nitriles is 1. The van der Waals surface area contributed by atoms with Crippen LogP contribution in [0.3, 0.4) is 0 Å². The first-order valence-electron chi connectivity index (χ1n) is 4.73. The summed E-state index contributed by atoms with van der Waals surface area (Å²) in [5, 5.41) is 9.03. The highest BCUT2D eigenvalue weighted by molar-refractivity contribution is 5.15. The molecule has 0 aromatic rings. The van der Waals surface area contributed by atoms with Gasteiger partial charge in [-0.2, -0.15) is 5.26 Å². The van der Waals surface area contributed by atoms with Gasteiger partial charge in [0.15, 0.2) is 0 Å². The van der Waals surface area contributed by atoms with Crippen LogP contribution in [0.25, 0.3) is 0 Å². The van der Waals surface area contributed by atoms with E-state index in [2.05, 4.69) is 13.0 Å². The van der Waals surface area contributed by atoms with Crippen LogP contribution in [0.5, 0.6) is 0 Å². The third-order valence-electron chi connectivity index (χ3n) is 3.21. The predicted octanol–water partition coefficient (Wildman–Crippen LogP) is 2.11. The van der Waals surface area contributed by atoms with Crippen molar-refractivity contribution in [3.05, 3.63) is 0 Å². The summed E-state index contributed by atoms with van der Waals surface area (Å²) in [5.74, 6) is 0. The number of ether oxygens (including phenoxy) is 1. The smallest absolute Gasteiger partial charge is 0.0690 e. The largest absolute Gasteiger partial charge is 0.380 e. The number of hydrogen-bond acceptors (Lipinski definition) is 2. The molecule has 2 fully saturated rings. The Hall–Kier alpha value is -0.550. The summed E-state index contributed by atoms with van der Waals surface area (Å²) in [5.41, 5.74) is 0.462. The fourth-order valence-electron chi connectivity index (χ4n) is 2.77. The molecule has 2 nitrogen and oxygen atoms in total. The van der Waals surface area contributed by atoms with Gasteiger partial charge in [-0.25, -0.2) is 0 Å². The second-order valence-electron chi connectivity index (χ2n) is 4.49. The summed E-state index contributed by atoms with van der Waals surface area (Å²) in [4.78, 5) is 0. The fourth-order valence-corrected chi connectivity index (χ4v) is 2.77. The molecule has 12 heavy (non-hydrogen) atoms. The summed E-state index contributed by atoms with van der Waals surface area (Å²) in [6.45, 7) is 3.96. The first kappa shape index (κ1) is 8.07. The Balaban J connectivity index is 1.94. The zero-order valence-electron chi connectivity index (χ0n) is 7.60. The van der Waals surface area contributed by atoms with Crippen molar-refractivity contribution in [3.63, 3.8) is 0 Å². The van der Waals surface area contributed by atoms with Gasteiger partial charge < -0.3 is 4.74 Å². The molecule has 0 atom stereocenters. The maximum atomic E-state index is 9.03. The molecule has 2 heteroatoms. The van der Waals surface area contributed by atoms with Crippen molar-refractivity contribution in [2.24, 2.45) is 10.8 Å². The van der Waals surface area contributed by atoms with Gasteiger partial charge in [0.2, 0.25) is 0 Å². The first-order chi connectivity index (χ1) is 5.74. The number of hydrogen-bond donors (Lipinski definition) is 0. The molecule has 1 spiro atoms. The van der Waals surface area contributed by atoms with Crippen molar-refractivity contribution in [3.8, 4) is 6.07 Å². The van der Waals surface area contributed by atoms with Crippen LogP contribution >= 0.6 is 0 Å². The van der Waals surface area contributed by atoms with Crippen LogP contribution in [0.1, 0.15) is 32.6 Å². The molecular weight excluding hydrogens is 150 g/mol.